The van der Waals surface area contributed by atoms with E-state index in [4.69, 9.17) is 14.8 Å². The highest BCUT2D eigenvalue weighted by Gasteiger charge is 2.28. The molecule has 1 aliphatic heterocycles. The first-order valence-corrected chi connectivity index (χ1v) is 9.52. The molecular formula is C24H19N3O3. The van der Waals surface area contributed by atoms with Gasteiger partial charge in [-0.15, -0.1) is 0 Å². The highest BCUT2D eigenvalue weighted by atomic mass is 16.6. The summed E-state index contributed by atoms with van der Waals surface area (Å²) < 4.78 is 5.80. The average Bonchev–Trinajstić information content (AvgIpc) is 3.29. The zero-order valence-electron chi connectivity index (χ0n) is 16.1. The smallest absolute Gasteiger partial charge is 0.268 e. The summed E-state index contributed by atoms with van der Waals surface area (Å²) in [5, 5.41) is 15.9. The molecule has 0 saturated carbocycles. The maximum absolute atomic E-state index is 12.6. The first-order valence-electron chi connectivity index (χ1n) is 9.52. The number of hydrogen-bond acceptors (Lipinski definition) is 5. The molecule has 1 unspecified atom stereocenters. The molecule has 1 N–H and O–H groups in total. The third-order valence-corrected chi connectivity index (χ3v) is 4.63. The molecule has 6 nitrogen and oxygen atoms in total. The van der Waals surface area contributed by atoms with E-state index in [0.29, 0.717) is 30.0 Å². The first kappa shape index (κ1) is 19.2. The summed E-state index contributed by atoms with van der Waals surface area (Å²) in [7, 11) is 0. The summed E-state index contributed by atoms with van der Waals surface area (Å²) in [6.07, 6.45) is -0.250. The molecule has 0 aromatic heterocycles. The molecule has 0 aliphatic carbocycles. The quantitative estimate of drug-likeness (QED) is 0.673. The van der Waals surface area contributed by atoms with E-state index in [1.807, 2.05) is 48.5 Å². The summed E-state index contributed by atoms with van der Waals surface area (Å²) in [6, 6.07) is 26.2. The Morgan fingerprint density at radius 1 is 1.10 bits per heavy atom. The molecule has 1 heterocycles. The third kappa shape index (κ3) is 4.65. The van der Waals surface area contributed by atoms with Crippen molar-refractivity contribution in [3.63, 3.8) is 0 Å². The number of anilines is 1. The Balaban J connectivity index is 1.34. The summed E-state index contributed by atoms with van der Waals surface area (Å²) in [6.45, 7) is 0.326. The van der Waals surface area contributed by atoms with Crippen molar-refractivity contribution in [2.45, 2.75) is 19.1 Å². The molecule has 0 radical (unpaired) electrons. The lowest BCUT2D eigenvalue weighted by Crippen LogP contribution is -2.28. The Morgan fingerprint density at radius 3 is 2.77 bits per heavy atom. The molecule has 0 fully saturated rings. The maximum atomic E-state index is 12.6. The largest absolute Gasteiger partial charge is 0.489 e. The van der Waals surface area contributed by atoms with Crippen molar-refractivity contribution in [3.05, 3.63) is 95.6 Å². The first-order chi connectivity index (χ1) is 14.7. The topological polar surface area (TPSA) is 83.7 Å². The minimum Gasteiger partial charge on any atom is -0.489 e. The zero-order valence-corrected chi connectivity index (χ0v) is 16.1. The minimum absolute atomic E-state index is 0.261. The van der Waals surface area contributed by atoms with Crippen LogP contribution >= 0.6 is 0 Å². The van der Waals surface area contributed by atoms with Crippen molar-refractivity contribution >= 4 is 17.3 Å². The molecule has 1 aliphatic rings. The number of nitrogens with zero attached hydrogens (tertiary/aromatic N) is 2. The van der Waals surface area contributed by atoms with Gasteiger partial charge in [0, 0.05) is 18.2 Å². The summed E-state index contributed by atoms with van der Waals surface area (Å²) in [5.41, 5.74) is 3.80. The standard InChI is InChI=1S/C24H19N3O3/c25-15-17-6-4-7-18(12-17)16-29-21-11-5-10-20(13-21)26-24(28)23-14-22(27-30-23)19-8-2-1-3-9-19/h1-13,23H,14,16H2,(H,26,28). The molecule has 4 rings (SSSR count). The van der Waals surface area contributed by atoms with Crippen LogP contribution in [0.5, 0.6) is 5.75 Å². The van der Waals surface area contributed by atoms with Crippen molar-refractivity contribution in [2.24, 2.45) is 5.16 Å². The van der Waals surface area contributed by atoms with E-state index in [2.05, 4.69) is 16.5 Å². The number of amides is 1. The van der Waals surface area contributed by atoms with Crippen molar-refractivity contribution in [1.29, 1.82) is 5.26 Å². The van der Waals surface area contributed by atoms with Crippen LogP contribution < -0.4 is 10.1 Å². The molecule has 3 aromatic rings. The number of nitriles is 1. The van der Waals surface area contributed by atoms with Crippen LogP contribution in [-0.2, 0) is 16.2 Å². The van der Waals surface area contributed by atoms with E-state index >= 15 is 0 Å². The lowest BCUT2D eigenvalue weighted by atomic mass is 10.0. The van der Waals surface area contributed by atoms with E-state index in [1.54, 1.807) is 30.3 Å². The summed E-state index contributed by atoms with van der Waals surface area (Å²) in [5.74, 6) is 0.354. The highest BCUT2D eigenvalue weighted by Crippen LogP contribution is 2.22. The zero-order chi connectivity index (χ0) is 20.8. The van der Waals surface area contributed by atoms with Crippen LogP contribution in [0.2, 0.25) is 0 Å². The van der Waals surface area contributed by atoms with E-state index in [0.717, 1.165) is 16.8 Å². The van der Waals surface area contributed by atoms with Gasteiger partial charge in [-0.05, 0) is 35.4 Å². The van der Waals surface area contributed by atoms with Crippen LogP contribution in [0.15, 0.2) is 84.0 Å². The highest BCUT2D eigenvalue weighted by molar-refractivity contribution is 6.06. The summed E-state index contributed by atoms with van der Waals surface area (Å²) in [4.78, 5) is 17.9. The number of hydrogen-bond donors (Lipinski definition) is 1. The lowest BCUT2D eigenvalue weighted by molar-refractivity contribution is -0.125. The number of rotatable bonds is 6. The molecule has 1 atom stereocenters. The fourth-order valence-corrected chi connectivity index (χ4v) is 3.10. The monoisotopic (exact) mass is 397 g/mol. The van der Waals surface area contributed by atoms with E-state index in [1.165, 1.54) is 0 Å². The van der Waals surface area contributed by atoms with Gasteiger partial charge in [0.25, 0.3) is 5.91 Å². The molecule has 3 aromatic carbocycles. The molecular weight excluding hydrogens is 378 g/mol. The molecule has 0 saturated heterocycles. The van der Waals surface area contributed by atoms with Crippen LogP contribution in [-0.4, -0.2) is 17.7 Å². The number of ether oxygens (including phenoxy) is 1. The number of carbonyl (C=O) groups excluding carboxylic acids is 1. The van der Waals surface area contributed by atoms with Gasteiger partial charge in [0.15, 0.2) is 0 Å². The molecule has 0 bridgehead atoms. The molecule has 30 heavy (non-hydrogen) atoms. The maximum Gasteiger partial charge on any atom is 0.268 e. The van der Waals surface area contributed by atoms with E-state index in [-0.39, 0.29) is 5.91 Å². The summed E-state index contributed by atoms with van der Waals surface area (Å²) >= 11 is 0. The van der Waals surface area contributed by atoms with Gasteiger partial charge in [-0.1, -0.05) is 53.7 Å². The molecule has 148 valence electrons. The second-order valence-corrected chi connectivity index (χ2v) is 6.82. The van der Waals surface area contributed by atoms with Gasteiger partial charge in [-0.25, -0.2) is 0 Å². The fourth-order valence-electron chi connectivity index (χ4n) is 3.10. The number of benzene rings is 3. The van der Waals surface area contributed by atoms with Crippen molar-refractivity contribution < 1.29 is 14.4 Å². The Hall–Kier alpha value is -4.11. The Labute approximate surface area is 174 Å². The van der Waals surface area contributed by atoms with Crippen LogP contribution in [0.3, 0.4) is 0 Å². The lowest BCUT2D eigenvalue weighted by Gasteiger charge is -2.11. The molecule has 6 heteroatoms. The second-order valence-electron chi connectivity index (χ2n) is 6.82. The van der Waals surface area contributed by atoms with Crippen LogP contribution in [0, 0.1) is 11.3 Å². The van der Waals surface area contributed by atoms with Crippen LogP contribution in [0.25, 0.3) is 0 Å². The van der Waals surface area contributed by atoms with Crippen molar-refractivity contribution in [1.82, 2.24) is 0 Å². The van der Waals surface area contributed by atoms with Crippen LogP contribution in [0.1, 0.15) is 23.1 Å². The fraction of sp³-hybridized carbons (Fsp3) is 0.125. The van der Waals surface area contributed by atoms with Crippen LogP contribution in [0.4, 0.5) is 5.69 Å². The predicted octanol–water partition coefficient (Wildman–Crippen LogP) is 4.27. The van der Waals surface area contributed by atoms with Gasteiger partial charge in [-0.3, -0.25) is 4.79 Å². The van der Waals surface area contributed by atoms with Gasteiger partial charge in [0.05, 0.1) is 17.3 Å². The van der Waals surface area contributed by atoms with Gasteiger partial charge < -0.3 is 14.9 Å². The van der Waals surface area contributed by atoms with Crippen molar-refractivity contribution in [3.8, 4) is 11.8 Å². The van der Waals surface area contributed by atoms with Gasteiger partial charge in [0.1, 0.15) is 12.4 Å². The SMILES string of the molecule is N#Cc1cccc(COc2cccc(NC(=O)C3CC(c4ccccc4)=NO3)c2)c1. The Bertz CT molecular complexity index is 1120. The Morgan fingerprint density at radius 2 is 1.93 bits per heavy atom. The second kappa shape index (κ2) is 8.93. The number of nitrogens with one attached hydrogen (secondary N) is 1. The van der Waals surface area contributed by atoms with Gasteiger partial charge >= 0.3 is 0 Å². The Kier molecular flexibility index (Phi) is 5.72. The normalized spacial score (nSPS) is 14.9. The van der Waals surface area contributed by atoms with E-state index in [9.17, 15) is 4.79 Å². The van der Waals surface area contributed by atoms with Gasteiger partial charge in [0.2, 0.25) is 6.10 Å². The number of oxime groups is 1. The number of carbonyl (C=O) groups is 1. The van der Waals surface area contributed by atoms with Gasteiger partial charge in [-0.2, -0.15) is 5.26 Å². The molecule has 0 spiro atoms. The average molecular weight is 397 g/mol. The molecule has 1 amide bonds. The van der Waals surface area contributed by atoms with Crippen molar-refractivity contribution in [2.75, 3.05) is 5.32 Å². The predicted molar refractivity (Wildman–Crippen MR) is 113 cm³/mol. The third-order valence-electron chi connectivity index (χ3n) is 4.63. The van der Waals surface area contributed by atoms with E-state index < -0.39 is 6.10 Å². The minimum atomic E-state index is -0.668.